The maximum atomic E-state index is 11.2. The molecule has 0 atom stereocenters. The molecule has 0 saturated carbocycles. The van der Waals surface area contributed by atoms with Crippen molar-refractivity contribution in [3.8, 4) is 0 Å². The Kier molecular flexibility index (Phi) is 4.83. The number of nitro benzene ring substituents is 2. The number of allylic oxidation sites excluding steroid dienone is 2. The number of anilines is 2. The number of likely N-dealkylation sites (N-methyl/N-ethyl adjacent to an activating group) is 1. The molecule has 1 aliphatic heterocycles. The molecular formula is C19H19N5O4. The van der Waals surface area contributed by atoms with Gasteiger partial charge in [0.2, 0.25) is 0 Å². The van der Waals surface area contributed by atoms with Crippen LogP contribution >= 0.6 is 0 Å². The fourth-order valence-corrected chi connectivity index (χ4v) is 3.40. The number of benzene rings is 2. The number of nitro groups is 2. The number of fused-ring (bicyclic) bond motifs is 1. The van der Waals surface area contributed by atoms with Gasteiger partial charge in [0.25, 0.3) is 5.69 Å². The molecule has 2 aromatic carbocycles. The first kappa shape index (κ1) is 19.0. The van der Waals surface area contributed by atoms with Crippen molar-refractivity contribution in [2.24, 2.45) is 5.10 Å². The Balaban J connectivity index is 1.83. The van der Waals surface area contributed by atoms with Crippen LogP contribution in [-0.2, 0) is 5.41 Å². The van der Waals surface area contributed by atoms with Gasteiger partial charge in [-0.25, -0.2) is 0 Å². The Labute approximate surface area is 161 Å². The predicted molar refractivity (Wildman–Crippen MR) is 108 cm³/mol. The van der Waals surface area contributed by atoms with Crippen molar-refractivity contribution in [2.75, 3.05) is 17.4 Å². The van der Waals surface area contributed by atoms with Crippen LogP contribution in [0.2, 0.25) is 0 Å². The summed E-state index contributed by atoms with van der Waals surface area (Å²) in [5.74, 6) is 0. The summed E-state index contributed by atoms with van der Waals surface area (Å²) in [6, 6.07) is 11.5. The second-order valence-electron chi connectivity index (χ2n) is 6.86. The Morgan fingerprint density at radius 1 is 1.11 bits per heavy atom. The van der Waals surface area contributed by atoms with Gasteiger partial charge in [0.05, 0.1) is 15.9 Å². The average molecular weight is 381 g/mol. The number of nitrogens with zero attached hydrogens (tertiary/aromatic N) is 4. The highest BCUT2D eigenvalue weighted by molar-refractivity contribution is 5.80. The molecule has 9 nitrogen and oxygen atoms in total. The summed E-state index contributed by atoms with van der Waals surface area (Å²) < 4.78 is 0. The van der Waals surface area contributed by atoms with E-state index in [-0.39, 0.29) is 16.8 Å². The average Bonchev–Trinajstić information content (AvgIpc) is 2.85. The predicted octanol–water partition coefficient (Wildman–Crippen LogP) is 4.21. The summed E-state index contributed by atoms with van der Waals surface area (Å²) in [6.07, 6.45) is 3.36. The van der Waals surface area contributed by atoms with Crippen molar-refractivity contribution in [3.63, 3.8) is 0 Å². The molecule has 28 heavy (non-hydrogen) atoms. The second-order valence-corrected chi connectivity index (χ2v) is 6.86. The molecule has 0 bridgehead atoms. The number of nitrogens with one attached hydrogen (secondary N) is 1. The Morgan fingerprint density at radius 3 is 2.46 bits per heavy atom. The summed E-state index contributed by atoms with van der Waals surface area (Å²) in [4.78, 5) is 22.7. The van der Waals surface area contributed by atoms with Gasteiger partial charge < -0.3 is 4.90 Å². The monoisotopic (exact) mass is 381 g/mol. The molecule has 1 N–H and O–H groups in total. The Morgan fingerprint density at radius 2 is 1.82 bits per heavy atom. The fourth-order valence-electron chi connectivity index (χ4n) is 3.40. The van der Waals surface area contributed by atoms with E-state index in [4.69, 9.17) is 0 Å². The zero-order valence-electron chi connectivity index (χ0n) is 15.6. The van der Waals surface area contributed by atoms with Crippen LogP contribution in [0.4, 0.5) is 22.7 Å². The first-order chi connectivity index (χ1) is 13.2. The number of hydrazone groups is 1. The molecule has 144 valence electrons. The number of hydrogen-bond acceptors (Lipinski definition) is 7. The zero-order valence-corrected chi connectivity index (χ0v) is 15.6. The van der Waals surface area contributed by atoms with E-state index in [2.05, 4.69) is 35.3 Å². The molecule has 0 aromatic heterocycles. The second kappa shape index (κ2) is 7.10. The van der Waals surface area contributed by atoms with E-state index in [1.54, 1.807) is 0 Å². The van der Waals surface area contributed by atoms with Crippen LogP contribution in [-0.4, -0.2) is 23.1 Å². The van der Waals surface area contributed by atoms with Gasteiger partial charge in [-0.15, -0.1) is 0 Å². The van der Waals surface area contributed by atoms with Crippen LogP contribution in [0.25, 0.3) is 0 Å². The first-order valence-corrected chi connectivity index (χ1v) is 8.49. The minimum atomic E-state index is -0.687. The minimum absolute atomic E-state index is 0.0765. The van der Waals surface area contributed by atoms with Crippen LogP contribution in [0.15, 0.2) is 59.3 Å². The van der Waals surface area contributed by atoms with Crippen molar-refractivity contribution in [3.05, 3.63) is 80.0 Å². The lowest BCUT2D eigenvalue weighted by Gasteiger charge is -2.23. The highest BCUT2D eigenvalue weighted by atomic mass is 16.6. The molecular weight excluding hydrogens is 362 g/mol. The topological polar surface area (TPSA) is 114 Å². The normalized spacial score (nSPS) is 16.4. The molecule has 1 aliphatic rings. The van der Waals surface area contributed by atoms with E-state index in [1.165, 1.54) is 23.9 Å². The molecule has 0 unspecified atom stereocenters. The highest BCUT2D eigenvalue weighted by Gasteiger charge is 2.37. The third-order valence-electron chi connectivity index (χ3n) is 4.82. The number of hydrogen-bond donors (Lipinski definition) is 1. The first-order valence-electron chi connectivity index (χ1n) is 8.49. The summed E-state index contributed by atoms with van der Waals surface area (Å²) in [5, 5.41) is 26.0. The molecule has 0 radical (unpaired) electrons. The lowest BCUT2D eigenvalue weighted by atomic mass is 9.84. The molecule has 0 fully saturated rings. The fraction of sp³-hybridized carbons (Fsp3) is 0.211. The van der Waals surface area contributed by atoms with Crippen LogP contribution < -0.4 is 10.3 Å². The molecule has 0 saturated heterocycles. The maximum Gasteiger partial charge on any atom is 0.301 e. The molecule has 1 heterocycles. The quantitative estimate of drug-likeness (QED) is 0.471. The van der Waals surface area contributed by atoms with Gasteiger partial charge >= 0.3 is 5.69 Å². The van der Waals surface area contributed by atoms with E-state index in [0.29, 0.717) is 0 Å². The van der Waals surface area contributed by atoms with Crippen molar-refractivity contribution in [1.29, 1.82) is 0 Å². The van der Waals surface area contributed by atoms with Gasteiger partial charge in [0, 0.05) is 36.1 Å². The van der Waals surface area contributed by atoms with E-state index in [0.717, 1.165) is 17.5 Å². The summed E-state index contributed by atoms with van der Waals surface area (Å²) in [5.41, 5.74) is 5.04. The smallest absolute Gasteiger partial charge is 0.301 e. The third kappa shape index (κ3) is 3.29. The van der Waals surface area contributed by atoms with Gasteiger partial charge in [0.15, 0.2) is 0 Å². The Bertz CT molecular complexity index is 1010. The SMILES string of the molecule is CN1/C(=C\C=N\Nc2ccc([N+](=O)[O-])cc2[N+](=O)[O-])C(C)(C)c2ccccc21. The van der Waals surface area contributed by atoms with Crippen LogP contribution in [0.5, 0.6) is 0 Å². The minimum Gasteiger partial charge on any atom is -0.347 e. The Hall–Kier alpha value is -3.75. The third-order valence-corrected chi connectivity index (χ3v) is 4.82. The molecule has 3 rings (SSSR count). The van der Waals surface area contributed by atoms with Crippen LogP contribution in [0.3, 0.4) is 0 Å². The molecule has 2 aromatic rings. The zero-order chi connectivity index (χ0) is 20.5. The summed E-state index contributed by atoms with van der Waals surface area (Å²) in [7, 11) is 1.97. The highest BCUT2D eigenvalue weighted by Crippen LogP contribution is 2.46. The lowest BCUT2D eigenvalue weighted by Crippen LogP contribution is -2.23. The van der Waals surface area contributed by atoms with Gasteiger partial charge in [-0.1, -0.05) is 32.0 Å². The molecule has 9 heteroatoms. The van der Waals surface area contributed by atoms with E-state index in [9.17, 15) is 20.2 Å². The number of non-ortho nitro benzene ring substituents is 1. The molecule has 0 amide bonds. The van der Waals surface area contributed by atoms with Gasteiger partial charge in [0.1, 0.15) is 5.69 Å². The standard InChI is InChI=1S/C19H19N5O4/c1-19(2)14-6-4-5-7-16(14)22(3)18(19)10-11-20-21-15-9-8-13(23(25)26)12-17(15)24(27)28/h4-12,21H,1-3H3/b18-10-,20-11+. The maximum absolute atomic E-state index is 11.2. The van der Waals surface area contributed by atoms with Gasteiger partial charge in [-0.3, -0.25) is 25.7 Å². The number of rotatable bonds is 5. The van der Waals surface area contributed by atoms with E-state index < -0.39 is 15.5 Å². The van der Waals surface area contributed by atoms with Gasteiger partial charge in [-0.05, 0) is 23.8 Å². The largest absolute Gasteiger partial charge is 0.347 e. The van der Waals surface area contributed by atoms with Crippen molar-refractivity contribution >= 4 is 29.0 Å². The lowest BCUT2D eigenvalue weighted by molar-refractivity contribution is -0.393. The summed E-state index contributed by atoms with van der Waals surface area (Å²) in [6.45, 7) is 4.23. The van der Waals surface area contributed by atoms with Crippen LogP contribution in [0.1, 0.15) is 19.4 Å². The van der Waals surface area contributed by atoms with Crippen molar-refractivity contribution in [2.45, 2.75) is 19.3 Å². The van der Waals surface area contributed by atoms with Gasteiger partial charge in [-0.2, -0.15) is 5.10 Å². The van der Waals surface area contributed by atoms with Crippen molar-refractivity contribution in [1.82, 2.24) is 0 Å². The molecule has 0 spiro atoms. The molecule has 0 aliphatic carbocycles. The van der Waals surface area contributed by atoms with Crippen molar-refractivity contribution < 1.29 is 9.85 Å². The van der Waals surface area contributed by atoms with E-state index in [1.807, 2.05) is 31.3 Å². The summed E-state index contributed by atoms with van der Waals surface area (Å²) >= 11 is 0. The van der Waals surface area contributed by atoms with Crippen LogP contribution in [0, 0.1) is 20.2 Å². The van der Waals surface area contributed by atoms with E-state index >= 15 is 0 Å². The number of para-hydroxylation sites is 1.